The summed E-state index contributed by atoms with van der Waals surface area (Å²) in [7, 11) is 0. The summed E-state index contributed by atoms with van der Waals surface area (Å²) in [5.74, 6) is -0.271. The molecule has 0 spiro atoms. The number of hydrogen-bond donors (Lipinski definition) is 2. The van der Waals surface area contributed by atoms with Gasteiger partial charge in [0.15, 0.2) is 0 Å². The predicted molar refractivity (Wildman–Crippen MR) is 90.9 cm³/mol. The molecule has 2 N–H and O–H groups in total. The predicted octanol–water partition coefficient (Wildman–Crippen LogP) is 3.38. The van der Waals surface area contributed by atoms with E-state index < -0.39 is 0 Å². The van der Waals surface area contributed by atoms with E-state index in [4.69, 9.17) is 16.3 Å². The van der Waals surface area contributed by atoms with Crippen LogP contribution in [0, 0.1) is 0 Å². The van der Waals surface area contributed by atoms with Gasteiger partial charge in [-0.15, -0.1) is 0 Å². The third-order valence-electron chi connectivity index (χ3n) is 3.75. The summed E-state index contributed by atoms with van der Waals surface area (Å²) in [6.07, 6.45) is 4.32. The van der Waals surface area contributed by atoms with Crippen molar-refractivity contribution in [3.63, 3.8) is 0 Å². The van der Waals surface area contributed by atoms with Crippen molar-refractivity contribution in [2.24, 2.45) is 0 Å². The third kappa shape index (κ3) is 5.52. The molecule has 2 amide bonds. The molecule has 0 aliphatic carbocycles. The molecule has 1 heterocycles. The van der Waals surface area contributed by atoms with Crippen LogP contribution in [0.3, 0.4) is 0 Å². The monoisotopic (exact) mass is 338 g/mol. The molecule has 0 bridgehead atoms. The number of amides is 2. The lowest BCUT2D eigenvalue weighted by molar-refractivity contribution is -0.116. The van der Waals surface area contributed by atoms with Crippen molar-refractivity contribution in [1.82, 2.24) is 5.32 Å². The van der Waals surface area contributed by atoms with Gasteiger partial charge in [0.2, 0.25) is 5.91 Å². The zero-order chi connectivity index (χ0) is 16.7. The number of halogens is 1. The first kappa shape index (κ1) is 17.8. The van der Waals surface area contributed by atoms with Crippen molar-refractivity contribution < 1.29 is 14.3 Å². The topological polar surface area (TPSA) is 67.4 Å². The van der Waals surface area contributed by atoms with Gasteiger partial charge < -0.3 is 15.4 Å². The number of rotatable bonds is 7. The van der Waals surface area contributed by atoms with Crippen LogP contribution in [0.25, 0.3) is 0 Å². The van der Waals surface area contributed by atoms with E-state index in [1.165, 1.54) is 0 Å². The van der Waals surface area contributed by atoms with Gasteiger partial charge in [-0.2, -0.15) is 0 Å². The minimum Gasteiger partial charge on any atom is -0.378 e. The van der Waals surface area contributed by atoms with Crippen LogP contribution in [0.2, 0.25) is 5.02 Å². The van der Waals surface area contributed by atoms with Crippen LogP contribution in [0.5, 0.6) is 0 Å². The Morgan fingerprint density at radius 3 is 2.87 bits per heavy atom. The van der Waals surface area contributed by atoms with Crippen LogP contribution >= 0.6 is 11.6 Å². The molecule has 1 aliphatic rings. The van der Waals surface area contributed by atoms with Crippen molar-refractivity contribution in [1.29, 1.82) is 0 Å². The number of anilines is 1. The zero-order valence-electron chi connectivity index (χ0n) is 13.4. The van der Waals surface area contributed by atoms with Crippen molar-refractivity contribution in [2.75, 3.05) is 18.5 Å². The highest BCUT2D eigenvalue weighted by Gasteiger charge is 2.17. The Bertz CT molecular complexity index is 557. The molecule has 0 unspecified atom stereocenters. The highest BCUT2D eigenvalue weighted by molar-refractivity contribution is 6.34. The summed E-state index contributed by atoms with van der Waals surface area (Å²) < 4.78 is 5.50. The second kappa shape index (κ2) is 8.89. The van der Waals surface area contributed by atoms with E-state index in [0.717, 1.165) is 32.3 Å². The minimum absolute atomic E-state index is 0.0697. The minimum atomic E-state index is -0.201. The number of hydrogen-bond acceptors (Lipinski definition) is 3. The zero-order valence-corrected chi connectivity index (χ0v) is 14.1. The molecule has 1 aromatic rings. The first-order chi connectivity index (χ1) is 11.1. The van der Waals surface area contributed by atoms with E-state index in [1.54, 1.807) is 18.2 Å². The molecule has 23 heavy (non-hydrogen) atoms. The van der Waals surface area contributed by atoms with Gasteiger partial charge in [0.05, 0.1) is 16.7 Å². The molecule has 126 valence electrons. The molecule has 1 aromatic carbocycles. The first-order valence-corrected chi connectivity index (χ1v) is 8.47. The summed E-state index contributed by atoms with van der Waals surface area (Å²) >= 11 is 6.14. The van der Waals surface area contributed by atoms with Gasteiger partial charge in [-0.3, -0.25) is 9.59 Å². The fraction of sp³-hybridized carbons (Fsp3) is 0.529. The molecule has 0 aromatic heterocycles. The molecule has 0 radical (unpaired) electrons. The molecule has 5 nitrogen and oxygen atoms in total. The van der Waals surface area contributed by atoms with E-state index >= 15 is 0 Å². The Kier molecular flexibility index (Phi) is 6.86. The number of benzene rings is 1. The van der Waals surface area contributed by atoms with E-state index in [2.05, 4.69) is 10.6 Å². The molecule has 1 fully saturated rings. The summed E-state index contributed by atoms with van der Waals surface area (Å²) in [5.41, 5.74) is 1.01. The second-order valence-corrected chi connectivity index (χ2v) is 6.08. The van der Waals surface area contributed by atoms with E-state index in [-0.39, 0.29) is 17.9 Å². The lowest BCUT2D eigenvalue weighted by Crippen LogP contribution is -2.24. The Balaban J connectivity index is 1.86. The molecule has 6 heteroatoms. The molecule has 1 atom stereocenters. The first-order valence-electron chi connectivity index (χ1n) is 8.09. The van der Waals surface area contributed by atoms with Gasteiger partial charge >= 0.3 is 0 Å². The van der Waals surface area contributed by atoms with Crippen LogP contribution < -0.4 is 10.6 Å². The Morgan fingerprint density at radius 2 is 2.22 bits per heavy atom. The van der Waals surface area contributed by atoms with Gasteiger partial charge in [0.1, 0.15) is 0 Å². The van der Waals surface area contributed by atoms with Crippen molar-refractivity contribution in [2.45, 2.75) is 45.1 Å². The largest absolute Gasteiger partial charge is 0.378 e. The summed E-state index contributed by atoms with van der Waals surface area (Å²) in [6.45, 7) is 3.39. The third-order valence-corrected chi connectivity index (χ3v) is 4.06. The van der Waals surface area contributed by atoms with Gasteiger partial charge in [-0.05, 0) is 43.9 Å². The standard InChI is InChI=1S/C17H23ClN2O3/c1-2-9-19-17(22)14-7-5-12(11-15(14)18)20-16(21)8-6-13-4-3-10-23-13/h5,7,11,13H,2-4,6,8-10H2,1H3,(H,19,22)(H,20,21)/t13-/m1/s1. The average Bonchev–Trinajstić information content (AvgIpc) is 3.04. The van der Waals surface area contributed by atoms with Gasteiger partial charge in [0.25, 0.3) is 5.91 Å². The maximum atomic E-state index is 12.0. The average molecular weight is 339 g/mol. The Morgan fingerprint density at radius 1 is 1.39 bits per heavy atom. The van der Waals surface area contributed by atoms with Crippen LogP contribution in [0.4, 0.5) is 5.69 Å². The van der Waals surface area contributed by atoms with Gasteiger partial charge in [-0.1, -0.05) is 18.5 Å². The molecular weight excluding hydrogens is 316 g/mol. The number of ether oxygens (including phenoxy) is 1. The van der Waals surface area contributed by atoms with Crippen LogP contribution in [0.1, 0.15) is 49.4 Å². The van der Waals surface area contributed by atoms with Crippen molar-refractivity contribution >= 4 is 29.1 Å². The van der Waals surface area contributed by atoms with E-state index in [0.29, 0.717) is 29.2 Å². The van der Waals surface area contributed by atoms with Crippen LogP contribution in [0.15, 0.2) is 18.2 Å². The summed E-state index contributed by atoms with van der Waals surface area (Å²) in [4.78, 5) is 23.9. The van der Waals surface area contributed by atoms with E-state index in [1.807, 2.05) is 6.92 Å². The van der Waals surface area contributed by atoms with Crippen LogP contribution in [-0.2, 0) is 9.53 Å². The van der Waals surface area contributed by atoms with Gasteiger partial charge in [0, 0.05) is 25.3 Å². The molecule has 1 aliphatic heterocycles. The van der Waals surface area contributed by atoms with Crippen molar-refractivity contribution in [3.05, 3.63) is 28.8 Å². The maximum absolute atomic E-state index is 12.0. The second-order valence-electron chi connectivity index (χ2n) is 5.67. The molecule has 2 rings (SSSR count). The van der Waals surface area contributed by atoms with Gasteiger partial charge in [-0.25, -0.2) is 0 Å². The fourth-order valence-corrected chi connectivity index (χ4v) is 2.76. The molecule has 0 saturated carbocycles. The lowest BCUT2D eigenvalue weighted by atomic mass is 10.1. The summed E-state index contributed by atoms with van der Waals surface area (Å²) in [5, 5.41) is 5.91. The molecule has 1 saturated heterocycles. The van der Waals surface area contributed by atoms with Crippen molar-refractivity contribution in [3.8, 4) is 0 Å². The lowest BCUT2D eigenvalue weighted by Gasteiger charge is -2.11. The number of nitrogens with one attached hydrogen (secondary N) is 2. The number of carbonyl (C=O) groups is 2. The van der Waals surface area contributed by atoms with Crippen LogP contribution in [-0.4, -0.2) is 31.1 Å². The highest BCUT2D eigenvalue weighted by Crippen LogP contribution is 2.22. The van der Waals surface area contributed by atoms with E-state index in [9.17, 15) is 9.59 Å². The number of carbonyl (C=O) groups excluding carboxylic acids is 2. The fourth-order valence-electron chi connectivity index (χ4n) is 2.50. The maximum Gasteiger partial charge on any atom is 0.252 e. The highest BCUT2D eigenvalue weighted by atomic mass is 35.5. The quantitative estimate of drug-likeness (QED) is 0.801. The SMILES string of the molecule is CCCNC(=O)c1ccc(NC(=O)CC[C@H]2CCCO2)cc1Cl. The Hall–Kier alpha value is -1.59. The normalized spacial score (nSPS) is 17.0. The smallest absolute Gasteiger partial charge is 0.252 e. The Labute approximate surface area is 141 Å². The summed E-state index contributed by atoms with van der Waals surface area (Å²) in [6, 6.07) is 4.92. The molecular formula is C17H23ClN2O3.